The molecule has 1 aliphatic rings. The molecule has 4 rings (SSSR count). The molecule has 1 atom stereocenters. The monoisotopic (exact) mass is 433 g/mol. The fourth-order valence-electron chi connectivity index (χ4n) is 4.34. The fourth-order valence-corrected chi connectivity index (χ4v) is 4.34. The molecule has 2 heterocycles. The number of rotatable bonds is 10. The number of benzene rings is 2. The van der Waals surface area contributed by atoms with E-state index in [-0.39, 0.29) is 17.1 Å². The number of ether oxygens (including phenoxy) is 1. The summed E-state index contributed by atoms with van der Waals surface area (Å²) in [6.07, 6.45) is 6.46. The Bertz CT molecular complexity index is 1130. The summed E-state index contributed by atoms with van der Waals surface area (Å²) in [5, 5.41) is 0.508. The normalized spacial score (nSPS) is 15.4. The lowest BCUT2D eigenvalue weighted by Gasteiger charge is -2.25. The molecule has 5 heteroatoms. The predicted octanol–water partition coefficient (Wildman–Crippen LogP) is 6.10. The molecule has 0 aliphatic carbocycles. The quantitative estimate of drug-likeness (QED) is 0.363. The van der Waals surface area contributed by atoms with Crippen molar-refractivity contribution in [2.24, 2.45) is 0 Å². The highest BCUT2D eigenvalue weighted by Crippen LogP contribution is 2.38. The van der Waals surface area contributed by atoms with Crippen LogP contribution >= 0.6 is 0 Å². The van der Waals surface area contributed by atoms with Crippen LogP contribution in [-0.2, 0) is 0 Å². The highest BCUT2D eigenvalue weighted by Gasteiger charge is 2.42. The van der Waals surface area contributed by atoms with Crippen molar-refractivity contribution < 1.29 is 13.9 Å². The van der Waals surface area contributed by atoms with Gasteiger partial charge in [-0.25, -0.2) is 0 Å². The zero-order valence-corrected chi connectivity index (χ0v) is 18.9. The lowest BCUT2D eigenvalue weighted by molar-refractivity contribution is 0.0725. The van der Waals surface area contributed by atoms with Crippen LogP contribution in [0.4, 0.5) is 0 Å². The molecular formula is C27H31NO4. The molecule has 0 saturated carbocycles. The fraction of sp³-hybridized carbons (Fsp3) is 0.407. The zero-order valence-electron chi connectivity index (χ0n) is 18.9. The smallest absolute Gasteiger partial charge is 0.290 e. The molecule has 1 aromatic heterocycles. The van der Waals surface area contributed by atoms with Crippen LogP contribution in [0.2, 0.25) is 0 Å². The standard InChI is InChI=1S/C27H31NO4/c1-3-5-7-10-18-31-20-15-13-19(14-16-20)24-23-25(29)21-11-8-9-12-22(21)32-26(23)27(30)28(24)17-6-4-2/h8-9,11-16,24H,3-7,10,17-18H2,1-2H3/t24-/m1/s1. The molecule has 5 nitrogen and oxygen atoms in total. The second-order valence-electron chi connectivity index (χ2n) is 8.40. The Balaban J connectivity index is 1.66. The molecule has 0 N–H and O–H groups in total. The van der Waals surface area contributed by atoms with Gasteiger partial charge in [0.25, 0.3) is 5.91 Å². The van der Waals surface area contributed by atoms with Crippen molar-refractivity contribution in [2.75, 3.05) is 13.2 Å². The molecule has 2 aromatic carbocycles. The molecule has 32 heavy (non-hydrogen) atoms. The Hall–Kier alpha value is -3.08. The second kappa shape index (κ2) is 10.0. The van der Waals surface area contributed by atoms with E-state index < -0.39 is 6.04 Å². The van der Waals surface area contributed by atoms with Gasteiger partial charge in [0.15, 0.2) is 5.43 Å². The minimum Gasteiger partial charge on any atom is -0.494 e. The van der Waals surface area contributed by atoms with Crippen molar-refractivity contribution in [2.45, 2.75) is 58.4 Å². The van der Waals surface area contributed by atoms with Crippen molar-refractivity contribution in [3.63, 3.8) is 0 Å². The van der Waals surface area contributed by atoms with E-state index >= 15 is 0 Å². The minimum atomic E-state index is -0.441. The summed E-state index contributed by atoms with van der Waals surface area (Å²) in [5.74, 6) is 0.768. The summed E-state index contributed by atoms with van der Waals surface area (Å²) in [4.78, 5) is 28.4. The molecule has 0 bridgehead atoms. The highest BCUT2D eigenvalue weighted by molar-refractivity contribution is 5.99. The molecule has 1 amide bonds. The minimum absolute atomic E-state index is 0.129. The van der Waals surface area contributed by atoms with Crippen LogP contribution in [0.15, 0.2) is 57.7 Å². The first kappa shape index (κ1) is 22.1. The number of unbranched alkanes of at least 4 members (excludes halogenated alkanes) is 4. The highest BCUT2D eigenvalue weighted by atomic mass is 16.5. The first-order chi connectivity index (χ1) is 15.7. The Morgan fingerprint density at radius 2 is 1.66 bits per heavy atom. The van der Waals surface area contributed by atoms with Gasteiger partial charge in [0.05, 0.1) is 23.6 Å². The maximum Gasteiger partial charge on any atom is 0.290 e. The third-order valence-electron chi connectivity index (χ3n) is 6.09. The summed E-state index contributed by atoms with van der Waals surface area (Å²) < 4.78 is 11.8. The van der Waals surface area contributed by atoms with Gasteiger partial charge in [0.2, 0.25) is 5.76 Å². The van der Waals surface area contributed by atoms with Gasteiger partial charge in [-0.2, -0.15) is 0 Å². The molecule has 0 fully saturated rings. The lowest BCUT2D eigenvalue weighted by atomic mass is 9.98. The van der Waals surface area contributed by atoms with Crippen LogP contribution < -0.4 is 10.2 Å². The molecule has 3 aromatic rings. The average molecular weight is 434 g/mol. The predicted molar refractivity (Wildman–Crippen MR) is 126 cm³/mol. The van der Waals surface area contributed by atoms with Gasteiger partial charge in [-0.05, 0) is 42.7 Å². The third-order valence-corrected chi connectivity index (χ3v) is 6.09. The third kappa shape index (κ3) is 4.29. The van der Waals surface area contributed by atoms with Gasteiger partial charge in [-0.15, -0.1) is 0 Å². The Labute approximate surface area is 189 Å². The number of hydrogen-bond acceptors (Lipinski definition) is 4. The number of hydrogen-bond donors (Lipinski definition) is 0. The van der Waals surface area contributed by atoms with Gasteiger partial charge in [0.1, 0.15) is 11.3 Å². The van der Waals surface area contributed by atoms with Crippen LogP contribution in [0, 0.1) is 0 Å². The van der Waals surface area contributed by atoms with E-state index in [1.54, 1.807) is 17.0 Å². The summed E-state index contributed by atoms with van der Waals surface area (Å²) in [5.41, 5.74) is 1.66. The number of para-hydroxylation sites is 1. The van der Waals surface area contributed by atoms with Crippen LogP contribution in [0.5, 0.6) is 5.75 Å². The Morgan fingerprint density at radius 3 is 2.41 bits per heavy atom. The van der Waals surface area contributed by atoms with E-state index in [9.17, 15) is 9.59 Å². The molecule has 0 radical (unpaired) electrons. The summed E-state index contributed by atoms with van der Waals surface area (Å²) in [7, 11) is 0. The van der Waals surface area contributed by atoms with Crippen molar-refractivity contribution in [1.82, 2.24) is 4.90 Å². The van der Waals surface area contributed by atoms with E-state index in [0.29, 0.717) is 29.7 Å². The maximum absolute atomic E-state index is 13.4. The zero-order chi connectivity index (χ0) is 22.5. The lowest BCUT2D eigenvalue weighted by Crippen LogP contribution is -2.30. The molecule has 1 aliphatic heterocycles. The molecule has 0 saturated heterocycles. The summed E-state index contributed by atoms with van der Waals surface area (Å²) in [6.45, 7) is 5.56. The Kier molecular flexibility index (Phi) is 6.93. The van der Waals surface area contributed by atoms with Crippen LogP contribution in [0.1, 0.15) is 80.1 Å². The molecular weight excluding hydrogens is 402 g/mol. The van der Waals surface area contributed by atoms with Gasteiger partial charge >= 0.3 is 0 Å². The average Bonchev–Trinajstić information content (AvgIpc) is 3.10. The van der Waals surface area contributed by atoms with Crippen molar-refractivity contribution >= 4 is 16.9 Å². The molecule has 168 valence electrons. The van der Waals surface area contributed by atoms with Gasteiger partial charge in [0, 0.05) is 6.54 Å². The number of amides is 1. The van der Waals surface area contributed by atoms with Crippen molar-refractivity contribution in [3.05, 3.63) is 75.6 Å². The first-order valence-corrected chi connectivity index (χ1v) is 11.7. The van der Waals surface area contributed by atoms with E-state index in [0.717, 1.165) is 30.6 Å². The second-order valence-corrected chi connectivity index (χ2v) is 8.40. The largest absolute Gasteiger partial charge is 0.494 e. The SMILES string of the molecule is CCCCCCOc1ccc([C@@H]2c3c(oc4ccccc4c3=O)C(=O)N2CCCC)cc1. The Morgan fingerprint density at radius 1 is 0.906 bits per heavy atom. The van der Waals surface area contributed by atoms with E-state index in [1.165, 1.54) is 19.3 Å². The van der Waals surface area contributed by atoms with E-state index in [4.69, 9.17) is 9.15 Å². The van der Waals surface area contributed by atoms with Gasteiger partial charge < -0.3 is 14.1 Å². The van der Waals surface area contributed by atoms with E-state index in [1.807, 2.05) is 36.4 Å². The topological polar surface area (TPSA) is 59.8 Å². The molecule has 0 spiro atoms. The van der Waals surface area contributed by atoms with E-state index in [2.05, 4.69) is 13.8 Å². The van der Waals surface area contributed by atoms with Crippen molar-refractivity contribution in [3.8, 4) is 5.75 Å². The van der Waals surface area contributed by atoms with Crippen molar-refractivity contribution in [1.29, 1.82) is 0 Å². The van der Waals surface area contributed by atoms with Crippen LogP contribution in [-0.4, -0.2) is 24.0 Å². The van der Waals surface area contributed by atoms with Crippen LogP contribution in [0.25, 0.3) is 11.0 Å². The molecule has 0 unspecified atom stereocenters. The van der Waals surface area contributed by atoms with Gasteiger partial charge in [-0.3, -0.25) is 9.59 Å². The maximum atomic E-state index is 13.4. The first-order valence-electron chi connectivity index (χ1n) is 11.7. The summed E-state index contributed by atoms with van der Waals surface area (Å²) >= 11 is 0. The summed E-state index contributed by atoms with van der Waals surface area (Å²) in [6, 6.07) is 14.5. The van der Waals surface area contributed by atoms with Gasteiger partial charge in [-0.1, -0.05) is 63.8 Å². The number of fused-ring (bicyclic) bond motifs is 2. The number of carbonyl (C=O) groups is 1. The number of carbonyl (C=O) groups excluding carboxylic acids is 1. The van der Waals surface area contributed by atoms with Crippen LogP contribution in [0.3, 0.4) is 0 Å². The number of nitrogens with zero attached hydrogens (tertiary/aromatic N) is 1.